The fourth-order valence-electron chi connectivity index (χ4n) is 5.75. The fourth-order valence-corrected chi connectivity index (χ4v) is 5.75. The Morgan fingerprint density at radius 3 is 1.03 bits per heavy atom. The minimum Gasteiger partial charge on any atom is -0.352 e. The Kier molecular flexibility index (Phi) is 8.79. The van der Waals surface area contributed by atoms with Crippen molar-refractivity contribution in [1.82, 2.24) is 16.0 Å². The minimum atomic E-state index is -1.31. The number of amides is 3. The Morgan fingerprint density at radius 2 is 0.774 bits per heavy atom. The predicted molar refractivity (Wildman–Crippen MR) is 122 cm³/mol. The van der Waals surface area contributed by atoms with E-state index in [1.54, 1.807) is 0 Å². The molecule has 0 radical (unpaired) electrons. The highest BCUT2D eigenvalue weighted by atomic mass is 16.2. The zero-order valence-corrected chi connectivity index (χ0v) is 19.8. The second-order valence-corrected chi connectivity index (χ2v) is 10.6. The first kappa shape index (κ1) is 24.1. The van der Waals surface area contributed by atoms with Crippen molar-refractivity contribution in [2.24, 2.45) is 23.7 Å². The van der Waals surface area contributed by atoms with Crippen LogP contribution in [0.15, 0.2) is 0 Å². The van der Waals surface area contributed by atoms with Crippen LogP contribution in [0.4, 0.5) is 0 Å². The summed E-state index contributed by atoms with van der Waals surface area (Å²) in [4.78, 5) is 39.8. The third kappa shape index (κ3) is 6.45. The summed E-state index contributed by atoms with van der Waals surface area (Å²) < 4.78 is 0. The molecule has 3 saturated carbocycles. The van der Waals surface area contributed by atoms with Crippen LogP contribution in [0.3, 0.4) is 0 Å². The van der Waals surface area contributed by atoms with Crippen molar-refractivity contribution in [2.45, 2.75) is 116 Å². The summed E-state index contributed by atoms with van der Waals surface area (Å²) in [7, 11) is 0. The molecule has 6 heteroatoms. The Hall–Kier alpha value is -1.59. The van der Waals surface area contributed by atoms with Gasteiger partial charge in [-0.15, -0.1) is 0 Å². The van der Waals surface area contributed by atoms with Gasteiger partial charge in [0.15, 0.2) is 5.92 Å². The SMILES string of the molecule is CC1CCCCC1NC(=O)C(C(=O)NC1CCCCC1C)C(=O)NC1CCCCC1C. The topological polar surface area (TPSA) is 87.3 Å². The van der Waals surface area contributed by atoms with E-state index in [1.807, 2.05) is 0 Å². The zero-order chi connectivity index (χ0) is 22.4. The first-order valence-corrected chi connectivity index (χ1v) is 12.8. The van der Waals surface area contributed by atoms with Crippen LogP contribution >= 0.6 is 0 Å². The molecule has 3 aliphatic rings. The van der Waals surface area contributed by atoms with Gasteiger partial charge in [0.1, 0.15) is 0 Å². The molecular weight excluding hydrogens is 390 g/mol. The molecule has 3 N–H and O–H groups in total. The highest BCUT2D eigenvalue weighted by Gasteiger charge is 2.39. The van der Waals surface area contributed by atoms with Gasteiger partial charge in [0.25, 0.3) is 0 Å². The van der Waals surface area contributed by atoms with E-state index in [1.165, 1.54) is 19.3 Å². The smallest absolute Gasteiger partial charge is 0.242 e. The van der Waals surface area contributed by atoms with Gasteiger partial charge in [-0.25, -0.2) is 0 Å². The van der Waals surface area contributed by atoms with Crippen molar-refractivity contribution in [2.75, 3.05) is 0 Å². The average molecular weight is 434 g/mol. The first-order chi connectivity index (χ1) is 14.9. The van der Waals surface area contributed by atoms with E-state index in [0.717, 1.165) is 57.8 Å². The number of carbonyl (C=O) groups is 3. The highest BCUT2D eigenvalue weighted by Crippen LogP contribution is 2.27. The lowest BCUT2D eigenvalue weighted by molar-refractivity contribution is -0.144. The van der Waals surface area contributed by atoms with Crippen molar-refractivity contribution in [3.63, 3.8) is 0 Å². The van der Waals surface area contributed by atoms with Gasteiger partial charge in [-0.1, -0.05) is 59.3 Å². The second kappa shape index (κ2) is 11.3. The van der Waals surface area contributed by atoms with E-state index in [-0.39, 0.29) is 18.1 Å². The molecule has 0 aliphatic heterocycles. The van der Waals surface area contributed by atoms with Crippen LogP contribution < -0.4 is 16.0 Å². The zero-order valence-electron chi connectivity index (χ0n) is 19.8. The Labute approximate surface area is 188 Å². The van der Waals surface area contributed by atoms with E-state index in [0.29, 0.717) is 17.8 Å². The standard InChI is InChI=1S/C25H43N3O3/c1-16-10-4-7-13-19(16)26-23(29)22(24(30)27-20-14-8-5-11-17(20)2)25(31)28-21-15-9-6-12-18(21)3/h16-22H,4-15H2,1-3H3,(H,26,29)(H,27,30)(H,28,31). The van der Waals surface area contributed by atoms with Crippen LogP contribution in [0, 0.1) is 23.7 Å². The van der Waals surface area contributed by atoms with Gasteiger partial charge in [-0.05, 0) is 56.3 Å². The molecule has 6 atom stereocenters. The quantitative estimate of drug-likeness (QED) is 0.558. The molecule has 0 heterocycles. The largest absolute Gasteiger partial charge is 0.352 e. The predicted octanol–water partition coefficient (Wildman–Crippen LogP) is 3.69. The summed E-state index contributed by atoms with van der Waals surface area (Å²) in [6, 6.07) is 0.143. The van der Waals surface area contributed by atoms with E-state index in [2.05, 4.69) is 36.7 Å². The minimum absolute atomic E-state index is 0.0477. The maximum Gasteiger partial charge on any atom is 0.242 e. The van der Waals surface area contributed by atoms with E-state index >= 15 is 0 Å². The Balaban J connectivity index is 1.70. The number of carbonyl (C=O) groups excluding carboxylic acids is 3. The molecule has 31 heavy (non-hydrogen) atoms. The summed E-state index contributed by atoms with van der Waals surface area (Å²) in [5, 5.41) is 9.20. The number of rotatable bonds is 6. The van der Waals surface area contributed by atoms with E-state index in [4.69, 9.17) is 0 Å². The van der Waals surface area contributed by atoms with Crippen LogP contribution in [-0.2, 0) is 14.4 Å². The first-order valence-electron chi connectivity index (χ1n) is 12.8. The fraction of sp³-hybridized carbons (Fsp3) is 0.880. The monoisotopic (exact) mass is 433 g/mol. The molecule has 0 aromatic rings. The molecule has 0 saturated heterocycles. The second-order valence-electron chi connectivity index (χ2n) is 10.6. The molecule has 0 bridgehead atoms. The molecule has 3 fully saturated rings. The van der Waals surface area contributed by atoms with Crippen LogP contribution in [-0.4, -0.2) is 35.8 Å². The van der Waals surface area contributed by atoms with Crippen molar-refractivity contribution < 1.29 is 14.4 Å². The van der Waals surface area contributed by atoms with Crippen molar-refractivity contribution in [3.8, 4) is 0 Å². The molecule has 6 nitrogen and oxygen atoms in total. The summed E-state index contributed by atoms with van der Waals surface area (Å²) in [6.07, 6.45) is 12.8. The van der Waals surface area contributed by atoms with Crippen LogP contribution in [0.25, 0.3) is 0 Å². The molecule has 3 aliphatic carbocycles. The van der Waals surface area contributed by atoms with Gasteiger partial charge in [-0.3, -0.25) is 14.4 Å². The third-order valence-electron chi connectivity index (χ3n) is 8.10. The van der Waals surface area contributed by atoms with Crippen molar-refractivity contribution >= 4 is 17.7 Å². The number of hydrogen-bond donors (Lipinski definition) is 3. The van der Waals surface area contributed by atoms with Gasteiger partial charge in [-0.2, -0.15) is 0 Å². The van der Waals surface area contributed by atoms with Crippen LogP contribution in [0.1, 0.15) is 97.8 Å². The Bertz CT molecular complexity index is 552. The molecule has 176 valence electrons. The van der Waals surface area contributed by atoms with Gasteiger partial charge >= 0.3 is 0 Å². The third-order valence-corrected chi connectivity index (χ3v) is 8.10. The maximum atomic E-state index is 13.3. The summed E-state index contributed by atoms with van der Waals surface area (Å²) >= 11 is 0. The normalized spacial score (nSPS) is 34.9. The van der Waals surface area contributed by atoms with Gasteiger partial charge in [0.2, 0.25) is 17.7 Å². The number of nitrogens with one attached hydrogen (secondary N) is 3. The average Bonchev–Trinajstić information content (AvgIpc) is 2.73. The van der Waals surface area contributed by atoms with E-state index < -0.39 is 23.6 Å². The number of hydrogen-bond acceptors (Lipinski definition) is 3. The van der Waals surface area contributed by atoms with Gasteiger partial charge in [0, 0.05) is 18.1 Å². The van der Waals surface area contributed by atoms with Crippen LogP contribution in [0.5, 0.6) is 0 Å². The molecule has 0 aromatic heterocycles. The molecule has 0 spiro atoms. The van der Waals surface area contributed by atoms with Gasteiger partial charge in [0.05, 0.1) is 0 Å². The maximum absolute atomic E-state index is 13.3. The molecular formula is C25H43N3O3. The lowest BCUT2D eigenvalue weighted by Crippen LogP contribution is -2.56. The van der Waals surface area contributed by atoms with E-state index in [9.17, 15) is 14.4 Å². The lowest BCUT2D eigenvalue weighted by atomic mass is 9.84. The van der Waals surface area contributed by atoms with Crippen LogP contribution in [0.2, 0.25) is 0 Å². The summed E-state index contributed by atoms with van der Waals surface area (Å²) in [5.41, 5.74) is 0. The highest BCUT2D eigenvalue weighted by molar-refractivity contribution is 6.17. The summed E-state index contributed by atoms with van der Waals surface area (Å²) in [5.74, 6) is -1.47. The molecule has 6 unspecified atom stereocenters. The lowest BCUT2D eigenvalue weighted by Gasteiger charge is -2.34. The summed E-state index contributed by atoms with van der Waals surface area (Å²) in [6.45, 7) is 6.44. The molecule has 0 aromatic carbocycles. The van der Waals surface area contributed by atoms with Gasteiger partial charge < -0.3 is 16.0 Å². The molecule has 3 amide bonds. The van der Waals surface area contributed by atoms with Crippen molar-refractivity contribution in [3.05, 3.63) is 0 Å². The van der Waals surface area contributed by atoms with Crippen molar-refractivity contribution in [1.29, 1.82) is 0 Å². The Morgan fingerprint density at radius 1 is 0.516 bits per heavy atom. The molecule has 3 rings (SSSR count).